The second-order valence-corrected chi connectivity index (χ2v) is 4.35. The number of benzene rings is 1. The maximum atomic E-state index is 12.5. The Hall–Kier alpha value is -0.0700. The summed E-state index contributed by atoms with van der Waals surface area (Å²) in [6.07, 6.45) is -4.37. The van der Waals surface area contributed by atoms with Gasteiger partial charge >= 0.3 is 6.18 Å². The number of rotatable bonds is 1. The van der Waals surface area contributed by atoms with Crippen LogP contribution in [0.3, 0.4) is 0 Å². The fourth-order valence-electron chi connectivity index (χ4n) is 1.01. The largest absolute Gasteiger partial charge is 0.418 e. The molecule has 0 unspecified atom stereocenters. The molecule has 0 saturated heterocycles. The monoisotopic (exact) mass is 331 g/mol. The fraction of sp³-hybridized carbons (Fsp3) is 0.250. The minimum absolute atomic E-state index is 0.000162. The van der Waals surface area contributed by atoms with Crippen LogP contribution in [-0.2, 0) is 12.7 Å². The van der Waals surface area contributed by atoms with Crippen molar-refractivity contribution < 1.29 is 13.2 Å². The number of hydrogen-bond acceptors (Lipinski definition) is 1. The first kappa shape index (κ1) is 12.0. The number of halogens is 5. The molecule has 0 radical (unpaired) electrons. The molecule has 14 heavy (non-hydrogen) atoms. The summed E-state index contributed by atoms with van der Waals surface area (Å²) in [7, 11) is 0. The van der Waals surface area contributed by atoms with Crippen molar-refractivity contribution in [2.75, 3.05) is 0 Å². The predicted octanol–water partition coefficient (Wildman–Crippen LogP) is 3.69. The lowest BCUT2D eigenvalue weighted by Gasteiger charge is -2.12. The Morgan fingerprint density at radius 3 is 1.86 bits per heavy atom. The molecule has 0 aliphatic rings. The number of alkyl halides is 3. The average Bonchev–Trinajstić information content (AvgIpc) is 1.99. The second-order valence-electron chi connectivity index (χ2n) is 2.64. The van der Waals surface area contributed by atoms with Crippen LogP contribution < -0.4 is 5.73 Å². The van der Waals surface area contributed by atoms with Gasteiger partial charge in [-0.2, -0.15) is 13.2 Å². The summed E-state index contributed by atoms with van der Waals surface area (Å²) in [5, 5.41) is 0. The molecule has 0 spiro atoms. The highest BCUT2D eigenvalue weighted by molar-refractivity contribution is 9.11. The first-order valence-electron chi connectivity index (χ1n) is 3.61. The van der Waals surface area contributed by atoms with E-state index in [1.165, 1.54) is 12.1 Å². The minimum atomic E-state index is -4.37. The molecule has 0 aliphatic heterocycles. The van der Waals surface area contributed by atoms with Crippen molar-refractivity contribution in [3.8, 4) is 0 Å². The lowest BCUT2D eigenvalue weighted by molar-refractivity contribution is -0.138. The summed E-state index contributed by atoms with van der Waals surface area (Å²) in [6, 6.07) is 2.74. The van der Waals surface area contributed by atoms with Crippen LogP contribution in [0.5, 0.6) is 0 Å². The maximum absolute atomic E-state index is 12.5. The molecule has 0 saturated carbocycles. The third-order valence-corrected chi connectivity index (χ3v) is 2.87. The van der Waals surface area contributed by atoms with Crippen LogP contribution in [0.15, 0.2) is 21.1 Å². The summed E-state index contributed by atoms with van der Waals surface area (Å²) in [4.78, 5) is 0. The molecule has 1 nitrogen and oxygen atoms in total. The third-order valence-electron chi connectivity index (χ3n) is 1.62. The third kappa shape index (κ3) is 2.49. The Balaban J connectivity index is 3.33. The van der Waals surface area contributed by atoms with Gasteiger partial charge in [-0.1, -0.05) is 31.9 Å². The van der Waals surface area contributed by atoms with Gasteiger partial charge in [0.25, 0.3) is 0 Å². The van der Waals surface area contributed by atoms with E-state index in [9.17, 15) is 13.2 Å². The van der Waals surface area contributed by atoms with Gasteiger partial charge in [0.15, 0.2) is 0 Å². The van der Waals surface area contributed by atoms with Crippen molar-refractivity contribution in [1.29, 1.82) is 0 Å². The summed E-state index contributed by atoms with van der Waals surface area (Å²) in [5.74, 6) is 0. The van der Waals surface area contributed by atoms with Gasteiger partial charge in [0.05, 0.1) is 5.56 Å². The lowest BCUT2D eigenvalue weighted by Crippen LogP contribution is -2.08. The van der Waals surface area contributed by atoms with E-state index in [-0.39, 0.29) is 15.5 Å². The van der Waals surface area contributed by atoms with E-state index in [1.807, 2.05) is 0 Å². The summed E-state index contributed by atoms with van der Waals surface area (Å²) in [5.41, 5.74) is 5.25. The first-order valence-corrected chi connectivity index (χ1v) is 5.20. The van der Waals surface area contributed by atoms with Crippen molar-refractivity contribution in [2.24, 2.45) is 5.73 Å². The highest BCUT2D eigenvalue weighted by Crippen LogP contribution is 2.40. The molecule has 1 aromatic carbocycles. The molecule has 0 fully saturated rings. The van der Waals surface area contributed by atoms with Gasteiger partial charge in [-0.3, -0.25) is 0 Å². The summed E-state index contributed by atoms with van der Waals surface area (Å²) < 4.78 is 37.4. The smallest absolute Gasteiger partial charge is 0.326 e. The maximum Gasteiger partial charge on any atom is 0.418 e. The van der Waals surface area contributed by atoms with E-state index in [2.05, 4.69) is 31.9 Å². The zero-order chi connectivity index (χ0) is 10.9. The lowest BCUT2D eigenvalue weighted by atomic mass is 10.1. The van der Waals surface area contributed by atoms with E-state index in [0.29, 0.717) is 5.56 Å². The van der Waals surface area contributed by atoms with Crippen LogP contribution in [0.4, 0.5) is 13.2 Å². The Bertz CT molecular complexity index is 326. The highest BCUT2D eigenvalue weighted by atomic mass is 79.9. The van der Waals surface area contributed by atoms with Gasteiger partial charge in [0.1, 0.15) is 0 Å². The molecular weight excluding hydrogens is 327 g/mol. The first-order chi connectivity index (χ1) is 6.36. The topological polar surface area (TPSA) is 26.0 Å². The van der Waals surface area contributed by atoms with E-state index in [1.54, 1.807) is 0 Å². The predicted molar refractivity (Wildman–Crippen MR) is 54.7 cm³/mol. The van der Waals surface area contributed by atoms with Crippen molar-refractivity contribution in [3.63, 3.8) is 0 Å². The Labute approximate surface area is 95.7 Å². The Morgan fingerprint density at radius 2 is 1.57 bits per heavy atom. The SMILES string of the molecule is NCc1cc(Br)c(C(F)(F)F)c(Br)c1. The van der Waals surface area contributed by atoms with Crippen LogP contribution in [0, 0.1) is 0 Å². The molecular formula is C8H6Br2F3N. The Kier molecular flexibility index (Phi) is 3.60. The minimum Gasteiger partial charge on any atom is -0.326 e. The second kappa shape index (κ2) is 4.20. The van der Waals surface area contributed by atoms with Crippen molar-refractivity contribution in [2.45, 2.75) is 12.7 Å². The van der Waals surface area contributed by atoms with E-state index in [4.69, 9.17) is 5.73 Å². The molecule has 0 aliphatic carbocycles. The number of hydrogen-bond donors (Lipinski definition) is 1. The van der Waals surface area contributed by atoms with Gasteiger partial charge < -0.3 is 5.73 Å². The quantitative estimate of drug-likeness (QED) is 0.834. The molecule has 6 heteroatoms. The molecule has 0 bridgehead atoms. The molecule has 2 N–H and O–H groups in total. The normalized spacial score (nSPS) is 11.9. The van der Waals surface area contributed by atoms with Gasteiger partial charge in [-0.15, -0.1) is 0 Å². The molecule has 1 aromatic rings. The fourth-order valence-corrected chi connectivity index (χ4v) is 2.75. The van der Waals surface area contributed by atoms with Crippen molar-refractivity contribution in [3.05, 3.63) is 32.2 Å². The van der Waals surface area contributed by atoms with Crippen LogP contribution in [0.2, 0.25) is 0 Å². The van der Waals surface area contributed by atoms with Crippen molar-refractivity contribution >= 4 is 31.9 Å². The average molecular weight is 333 g/mol. The Morgan fingerprint density at radius 1 is 1.14 bits per heavy atom. The summed E-state index contributed by atoms with van der Waals surface area (Å²) in [6.45, 7) is 0.204. The molecule has 1 rings (SSSR count). The van der Waals surface area contributed by atoms with E-state index < -0.39 is 11.7 Å². The molecule has 0 atom stereocenters. The molecule has 0 amide bonds. The van der Waals surface area contributed by atoms with Gasteiger partial charge in [-0.05, 0) is 17.7 Å². The van der Waals surface area contributed by atoms with Crippen molar-refractivity contribution in [1.82, 2.24) is 0 Å². The molecule has 0 aromatic heterocycles. The van der Waals surface area contributed by atoms with Crippen LogP contribution in [0.25, 0.3) is 0 Å². The van der Waals surface area contributed by atoms with Crippen LogP contribution >= 0.6 is 31.9 Å². The molecule has 0 heterocycles. The summed E-state index contributed by atoms with van der Waals surface area (Å²) >= 11 is 5.74. The standard InChI is InChI=1S/C8H6Br2F3N/c9-5-1-4(3-14)2-6(10)7(5)8(11,12)13/h1-2H,3,14H2. The zero-order valence-corrected chi connectivity index (χ0v) is 10.0. The van der Waals surface area contributed by atoms with Crippen LogP contribution in [-0.4, -0.2) is 0 Å². The van der Waals surface area contributed by atoms with Gasteiger partial charge in [-0.25, -0.2) is 0 Å². The van der Waals surface area contributed by atoms with Gasteiger partial charge in [0, 0.05) is 15.5 Å². The zero-order valence-electron chi connectivity index (χ0n) is 6.83. The van der Waals surface area contributed by atoms with Crippen LogP contribution in [0.1, 0.15) is 11.1 Å². The van der Waals surface area contributed by atoms with E-state index >= 15 is 0 Å². The molecule has 78 valence electrons. The highest BCUT2D eigenvalue weighted by Gasteiger charge is 2.35. The van der Waals surface area contributed by atoms with Gasteiger partial charge in [0.2, 0.25) is 0 Å². The number of nitrogens with two attached hydrogens (primary N) is 1. The van der Waals surface area contributed by atoms with E-state index in [0.717, 1.165) is 0 Å².